The first-order valence-electron chi connectivity index (χ1n) is 11.0. The summed E-state index contributed by atoms with van der Waals surface area (Å²) in [4.78, 5) is 14.4. The van der Waals surface area contributed by atoms with E-state index in [0.29, 0.717) is 5.75 Å². The second-order valence-corrected chi connectivity index (χ2v) is 10.5. The maximum Gasteiger partial charge on any atom is 0.241 e. The van der Waals surface area contributed by atoms with Gasteiger partial charge in [0.1, 0.15) is 6.04 Å². The van der Waals surface area contributed by atoms with Gasteiger partial charge in [-0.15, -0.1) is 11.8 Å². The number of carbonyl (C=O) groups excluding carboxylic acids is 1. The van der Waals surface area contributed by atoms with E-state index in [1.54, 1.807) is 11.8 Å². The molecule has 2 atom stereocenters. The zero-order valence-electron chi connectivity index (χ0n) is 20.1. The summed E-state index contributed by atoms with van der Waals surface area (Å²) < 4.78 is 39.5. The highest BCUT2D eigenvalue weighted by atomic mass is 32.2. The first-order chi connectivity index (χ1) is 16.8. The minimum Gasteiger partial charge on any atom is -0.493 e. The van der Waals surface area contributed by atoms with Crippen molar-refractivity contribution in [1.82, 2.24) is 10.0 Å². The molecule has 0 aliphatic heterocycles. The molecule has 7 nitrogen and oxygen atoms in total. The standard InChI is InChI=1S/C26H30N2O5S2/c1-18(20-10-12-21(34-4)13-11-20)27-26(29)23(16-19-8-6-5-7-9-19)28-35(30,31)22-14-15-24(32-2)25(17-22)33-3/h5-15,17-18,23,28H,16H2,1-4H3,(H,27,29)/t18-,23-/m1/s1. The highest BCUT2D eigenvalue weighted by Crippen LogP contribution is 2.29. The lowest BCUT2D eigenvalue weighted by molar-refractivity contribution is -0.123. The van der Waals surface area contributed by atoms with E-state index in [9.17, 15) is 13.2 Å². The summed E-state index contributed by atoms with van der Waals surface area (Å²) in [7, 11) is -1.14. The molecule has 0 bridgehead atoms. The van der Waals surface area contributed by atoms with E-state index in [-0.39, 0.29) is 23.1 Å². The van der Waals surface area contributed by atoms with Crippen LogP contribution in [0.15, 0.2) is 82.6 Å². The number of rotatable bonds is 11. The van der Waals surface area contributed by atoms with Crippen molar-refractivity contribution in [3.05, 3.63) is 83.9 Å². The number of sulfonamides is 1. The number of ether oxygens (including phenoxy) is 2. The molecule has 9 heteroatoms. The topological polar surface area (TPSA) is 93.7 Å². The van der Waals surface area contributed by atoms with Gasteiger partial charge in [0.15, 0.2) is 11.5 Å². The van der Waals surface area contributed by atoms with Gasteiger partial charge in [0.05, 0.1) is 25.2 Å². The summed E-state index contributed by atoms with van der Waals surface area (Å²) in [6, 6.07) is 20.1. The Morgan fingerprint density at radius 2 is 1.60 bits per heavy atom. The average Bonchev–Trinajstić information content (AvgIpc) is 2.88. The van der Waals surface area contributed by atoms with Gasteiger partial charge in [0.2, 0.25) is 15.9 Å². The Bertz CT molecular complexity index is 1230. The highest BCUT2D eigenvalue weighted by Gasteiger charge is 2.28. The van der Waals surface area contributed by atoms with Gasteiger partial charge in [-0.25, -0.2) is 8.42 Å². The second kappa shape index (κ2) is 12.1. The summed E-state index contributed by atoms with van der Waals surface area (Å²) in [5, 5.41) is 2.95. The minimum atomic E-state index is -4.04. The lowest BCUT2D eigenvalue weighted by Crippen LogP contribution is -2.48. The van der Waals surface area contributed by atoms with Crippen LogP contribution < -0.4 is 19.5 Å². The lowest BCUT2D eigenvalue weighted by Gasteiger charge is -2.22. The number of amides is 1. The number of hydrogen-bond donors (Lipinski definition) is 2. The maximum atomic E-state index is 13.3. The van der Waals surface area contributed by atoms with Crippen molar-refractivity contribution in [3.8, 4) is 11.5 Å². The molecule has 0 fully saturated rings. The largest absolute Gasteiger partial charge is 0.493 e. The van der Waals surface area contributed by atoms with Crippen molar-refractivity contribution in [2.75, 3.05) is 20.5 Å². The van der Waals surface area contributed by atoms with Crippen LogP contribution in [-0.2, 0) is 21.2 Å². The van der Waals surface area contributed by atoms with Crippen molar-refractivity contribution in [2.45, 2.75) is 35.2 Å². The Morgan fingerprint density at radius 1 is 0.943 bits per heavy atom. The minimum absolute atomic E-state index is 0.0262. The molecule has 0 saturated carbocycles. The van der Waals surface area contributed by atoms with Crippen LogP contribution in [0.2, 0.25) is 0 Å². The fourth-order valence-corrected chi connectivity index (χ4v) is 5.19. The summed E-state index contributed by atoms with van der Waals surface area (Å²) in [6.45, 7) is 1.87. The van der Waals surface area contributed by atoms with Gasteiger partial charge < -0.3 is 14.8 Å². The van der Waals surface area contributed by atoms with Crippen molar-refractivity contribution < 1.29 is 22.7 Å². The predicted octanol–water partition coefficient (Wildman–Crippen LogP) is 4.19. The van der Waals surface area contributed by atoms with E-state index in [0.717, 1.165) is 16.0 Å². The lowest BCUT2D eigenvalue weighted by atomic mass is 10.0. The van der Waals surface area contributed by atoms with Crippen LogP contribution in [0.1, 0.15) is 24.1 Å². The van der Waals surface area contributed by atoms with Crippen LogP contribution in [0, 0.1) is 0 Å². The maximum absolute atomic E-state index is 13.3. The van der Waals surface area contributed by atoms with Crippen LogP contribution >= 0.6 is 11.8 Å². The van der Waals surface area contributed by atoms with Gasteiger partial charge in [0, 0.05) is 11.0 Å². The van der Waals surface area contributed by atoms with Gasteiger partial charge in [-0.05, 0) is 55.0 Å². The number of hydrogen-bond acceptors (Lipinski definition) is 6. The molecule has 2 N–H and O–H groups in total. The molecule has 3 aromatic carbocycles. The fraction of sp³-hybridized carbons (Fsp3) is 0.269. The van der Waals surface area contributed by atoms with Crippen LogP contribution in [0.5, 0.6) is 11.5 Å². The number of methoxy groups -OCH3 is 2. The number of nitrogens with one attached hydrogen (secondary N) is 2. The molecular weight excluding hydrogens is 484 g/mol. The predicted molar refractivity (Wildman–Crippen MR) is 139 cm³/mol. The smallest absolute Gasteiger partial charge is 0.241 e. The van der Waals surface area contributed by atoms with Gasteiger partial charge in [-0.2, -0.15) is 4.72 Å². The van der Waals surface area contributed by atoms with Crippen molar-refractivity contribution in [2.24, 2.45) is 0 Å². The number of benzene rings is 3. The first kappa shape index (κ1) is 26.6. The van der Waals surface area contributed by atoms with Gasteiger partial charge >= 0.3 is 0 Å². The van der Waals surface area contributed by atoms with E-state index in [1.807, 2.05) is 67.8 Å². The Hall–Kier alpha value is -3.01. The van der Waals surface area contributed by atoms with Crippen LogP contribution in [-0.4, -0.2) is 40.8 Å². The van der Waals surface area contributed by atoms with Gasteiger partial charge in [-0.3, -0.25) is 4.79 Å². The quantitative estimate of drug-likeness (QED) is 0.373. The van der Waals surface area contributed by atoms with Crippen LogP contribution in [0.4, 0.5) is 0 Å². The molecule has 0 aliphatic rings. The Labute approximate surface area is 211 Å². The zero-order chi connectivity index (χ0) is 25.4. The SMILES string of the molecule is COc1ccc(S(=O)(=O)N[C@H](Cc2ccccc2)C(=O)N[C@H](C)c2ccc(SC)cc2)cc1OC. The Morgan fingerprint density at radius 3 is 2.20 bits per heavy atom. The molecule has 0 unspecified atom stereocenters. The summed E-state index contributed by atoms with van der Waals surface area (Å²) >= 11 is 1.64. The molecule has 3 rings (SSSR count). The number of carbonyl (C=O) groups is 1. The number of thioether (sulfide) groups is 1. The molecular formula is C26H30N2O5S2. The third kappa shape index (κ3) is 7.00. The summed E-state index contributed by atoms with van der Waals surface area (Å²) in [6.07, 6.45) is 2.19. The van der Waals surface area contributed by atoms with Crippen molar-refractivity contribution in [3.63, 3.8) is 0 Å². The van der Waals surface area contributed by atoms with E-state index in [2.05, 4.69) is 10.0 Å². The molecule has 3 aromatic rings. The van der Waals surface area contributed by atoms with Crippen molar-refractivity contribution >= 4 is 27.7 Å². The molecule has 0 spiro atoms. The molecule has 0 aliphatic carbocycles. The zero-order valence-corrected chi connectivity index (χ0v) is 21.8. The first-order valence-corrected chi connectivity index (χ1v) is 13.7. The summed E-state index contributed by atoms with van der Waals surface area (Å²) in [5.41, 5.74) is 1.76. The van der Waals surface area contributed by atoms with Gasteiger partial charge in [-0.1, -0.05) is 42.5 Å². The molecule has 0 radical (unpaired) electrons. The average molecular weight is 515 g/mol. The molecule has 186 valence electrons. The van der Waals surface area contributed by atoms with Crippen molar-refractivity contribution in [1.29, 1.82) is 0 Å². The van der Waals surface area contributed by atoms with E-state index < -0.39 is 22.0 Å². The Kier molecular flexibility index (Phi) is 9.20. The van der Waals surface area contributed by atoms with Crippen LogP contribution in [0.25, 0.3) is 0 Å². The molecule has 1 amide bonds. The van der Waals surface area contributed by atoms with Crippen LogP contribution in [0.3, 0.4) is 0 Å². The third-order valence-electron chi connectivity index (χ3n) is 5.54. The molecule has 0 saturated heterocycles. The molecule has 0 aromatic heterocycles. The highest BCUT2D eigenvalue weighted by molar-refractivity contribution is 7.98. The summed E-state index contributed by atoms with van der Waals surface area (Å²) in [5.74, 6) is 0.271. The third-order valence-corrected chi connectivity index (χ3v) is 7.75. The van der Waals surface area contributed by atoms with Gasteiger partial charge in [0.25, 0.3) is 0 Å². The second-order valence-electron chi connectivity index (χ2n) is 7.88. The Balaban J connectivity index is 1.85. The van der Waals surface area contributed by atoms with E-state index in [4.69, 9.17) is 9.47 Å². The monoisotopic (exact) mass is 514 g/mol. The van der Waals surface area contributed by atoms with E-state index in [1.165, 1.54) is 32.4 Å². The normalized spacial score (nSPS) is 13.0. The van der Waals surface area contributed by atoms with E-state index >= 15 is 0 Å². The molecule has 35 heavy (non-hydrogen) atoms. The fourth-order valence-electron chi connectivity index (χ4n) is 3.57. The molecule has 0 heterocycles.